The number of nitrogens with one attached hydrogen (secondary N) is 1. The number of hydrogen-bond acceptors (Lipinski definition) is 3. The third-order valence-corrected chi connectivity index (χ3v) is 3.33. The third-order valence-electron chi connectivity index (χ3n) is 2.92. The van der Waals surface area contributed by atoms with Crippen molar-refractivity contribution in [1.82, 2.24) is 5.32 Å². The highest BCUT2D eigenvalue weighted by atomic mass is 35.5. The van der Waals surface area contributed by atoms with Gasteiger partial charge in [-0.25, -0.2) is 0 Å². The number of methoxy groups -OCH3 is 1. The van der Waals surface area contributed by atoms with Crippen molar-refractivity contribution in [1.29, 1.82) is 0 Å². The van der Waals surface area contributed by atoms with Crippen molar-refractivity contribution in [3.05, 3.63) is 28.3 Å². The number of nitrogens with two attached hydrogens (primary N) is 1. The Labute approximate surface area is 108 Å². The number of benzene rings is 1. The average molecular weight is 257 g/mol. The molecule has 0 aliphatic carbocycles. The first kappa shape index (κ1) is 14.3. The van der Waals surface area contributed by atoms with Gasteiger partial charge in [0, 0.05) is 29.2 Å². The van der Waals surface area contributed by atoms with Crippen molar-refractivity contribution in [2.45, 2.75) is 26.2 Å². The zero-order chi connectivity index (χ0) is 13.1. The van der Waals surface area contributed by atoms with Crippen molar-refractivity contribution < 1.29 is 4.74 Å². The van der Waals surface area contributed by atoms with Gasteiger partial charge in [-0.15, -0.1) is 0 Å². The van der Waals surface area contributed by atoms with E-state index in [1.807, 2.05) is 19.1 Å². The van der Waals surface area contributed by atoms with Crippen LogP contribution in [0.25, 0.3) is 0 Å². The van der Waals surface area contributed by atoms with Gasteiger partial charge in [0.1, 0.15) is 5.75 Å². The molecule has 0 spiro atoms. The summed E-state index contributed by atoms with van der Waals surface area (Å²) in [7, 11) is 1.68. The zero-order valence-corrected chi connectivity index (χ0v) is 11.7. The molecule has 96 valence electrons. The summed E-state index contributed by atoms with van der Waals surface area (Å²) < 4.78 is 5.43. The van der Waals surface area contributed by atoms with Crippen LogP contribution in [0.4, 0.5) is 0 Å². The SMILES string of the molecule is COc1cc(C)c(Cl)cc1C(C)(C)CNCN. The van der Waals surface area contributed by atoms with Crippen molar-refractivity contribution in [2.75, 3.05) is 20.3 Å². The number of rotatable bonds is 5. The van der Waals surface area contributed by atoms with Crippen LogP contribution in [0.1, 0.15) is 25.0 Å². The summed E-state index contributed by atoms with van der Waals surface area (Å²) in [6.45, 7) is 7.49. The van der Waals surface area contributed by atoms with E-state index >= 15 is 0 Å². The van der Waals surface area contributed by atoms with Crippen LogP contribution in [0.5, 0.6) is 5.75 Å². The highest BCUT2D eigenvalue weighted by molar-refractivity contribution is 6.31. The van der Waals surface area contributed by atoms with Gasteiger partial charge in [-0.1, -0.05) is 25.4 Å². The first-order valence-corrected chi connectivity index (χ1v) is 6.05. The highest BCUT2D eigenvalue weighted by Crippen LogP contribution is 2.35. The molecule has 1 aromatic rings. The molecule has 0 bridgehead atoms. The molecular weight excluding hydrogens is 236 g/mol. The van der Waals surface area contributed by atoms with E-state index < -0.39 is 0 Å². The molecule has 0 fully saturated rings. The highest BCUT2D eigenvalue weighted by Gasteiger charge is 2.24. The lowest BCUT2D eigenvalue weighted by Gasteiger charge is -2.28. The van der Waals surface area contributed by atoms with E-state index in [-0.39, 0.29) is 5.41 Å². The normalized spacial score (nSPS) is 11.6. The fourth-order valence-corrected chi connectivity index (χ4v) is 2.00. The Kier molecular flexibility index (Phi) is 4.80. The van der Waals surface area contributed by atoms with Gasteiger partial charge in [-0.2, -0.15) is 0 Å². The lowest BCUT2D eigenvalue weighted by Crippen LogP contribution is -2.36. The van der Waals surface area contributed by atoms with Gasteiger partial charge in [0.05, 0.1) is 7.11 Å². The molecule has 3 nitrogen and oxygen atoms in total. The molecule has 0 aromatic heterocycles. The summed E-state index contributed by atoms with van der Waals surface area (Å²) in [6, 6.07) is 3.95. The molecule has 0 heterocycles. The van der Waals surface area contributed by atoms with Crippen LogP contribution in [-0.4, -0.2) is 20.3 Å². The zero-order valence-electron chi connectivity index (χ0n) is 10.9. The minimum absolute atomic E-state index is 0.0813. The van der Waals surface area contributed by atoms with Crippen molar-refractivity contribution in [3.8, 4) is 5.75 Å². The van der Waals surface area contributed by atoms with Gasteiger partial charge in [0.15, 0.2) is 0 Å². The molecule has 0 unspecified atom stereocenters. The molecule has 4 heteroatoms. The van der Waals surface area contributed by atoms with E-state index in [0.29, 0.717) is 6.67 Å². The molecule has 1 rings (SSSR count). The Morgan fingerprint density at radius 3 is 2.59 bits per heavy atom. The van der Waals surface area contributed by atoms with E-state index in [4.69, 9.17) is 22.1 Å². The van der Waals surface area contributed by atoms with E-state index in [1.54, 1.807) is 7.11 Å². The first-order chi connectivity index (χ1) is 7.92. The minimum Gasteiger partial charge on any atom is -0.496 e. The van der Waals surface area contributed by atoms with Crippen molar-refractivity contribution in [3.63, 3.8) is 0 Å². The molecule has 1 aromatic carbocycles. The summed E-state index contributed by atoms with van der Waals surface area (Å²) >= 11 is 6.18. The smallest absolute Gasteiger partial charge is 0.123 e. The van der Waals surface area contributed by atoms with Gasteiger partial charge in [-0.05, 0) is 24.6 Å². The second-order valence-electron chi connectivity index (χ2n) is 4.82. The van der Waals surface area contributed by atoms with E-state index in [9.17, 15) is 0 Å². The predicted octanol–water partition coefficient (Wildman–Crippen LogP) is 2.44. The molecule has 0 saturated heterocycles. The van der Waals surface area contributed by atoms with Gasteiger partial charge in [0.2, 0.25) is 0 Å². The lowest BCUT2D eigenvalue weighted by molar-refractivity contribution is 0.386. The van der Waals surface area contributed by atoms with Crippen LogP contribution in [0.3, 0.4) is 0 Å². The molecule has 0 radical (unpaired) electrons. The van der Waals surface area contributed by atoms with E-state index in [2.05, 4.69) is 19.2 Å². The van der Waals surface area contributed by atoms with Gasteiger partial charge >= 0.3 is 0 Å². The van der Waals surface area contributed by atoms with Crippen LogP contribution in [-0.2, 0) is 5.41 Å². The fraction of sp³-hybridized carbons (Fsp3) is 0.538. The summed E-state index contributed by atoms with van der Waals surface area (Å²) in [5.74, 6) is 0.871. The maximum absolute atomic E-state index is 6.18. The molecule has 0 atom stereocenters. The van der Waals surface area contributed by atoms with Gasteiger partial charge in [-0.3, -0.25) is 0 Å². The number of aryl methyl sites for hydroxylation is 1. The molecule has 0 aliphatic heterocycles. The standard InChI is InChI=1S/C13H21ClN2O/c1-9-5-12(17-4)10(6-11(9)14)13(2,3)7-16-8-15/h5-6,16H,7-8,15H2,1-4H3. The molecule has 0 amide bonds. The number of halogens is 1. The summed E-state index contributed by atoms with van der Waals surface area (Å²) in [5, 5.41) is 3.92. The average Bonchev–Trinajstić information content (AvgIpc) is 2.29. The number of hydrogen-bond donors (Lipinski definition) is 2. The Balaban J connectivity index is 3.14. The Morgan fingerprint density at radius 1 is 1.41 bits per heavy atom. The monoisotopic (exact) mass is 256 g/mol. The Morgan fingerprint density at radius 2 is 2.06 bits per heavy atom. The number of ether oxygens (including phenoxy) is 1. The fourth-order valence-electron chi connectivity index (χ4n) is 1.83. The maximum Gasteiger partial charge on any atom is 0.123 e. The molecule has 17 heavy (non-hydrogen) atoms. The van der Waals surface area contributed by atoms with Crippen LogP contribution in [0.15, 0.2) is 12.1 Å². The van der Waals surface area contributed by atoms with Crippen LogP contribution >= 0.6 is 11.6 Å². The van der Waals surface area contributed by atoms with Crippen LogP contribution in [0, 0.1) is 6.92 Å². The van der Waals surface area contributed by atoms with E-state index in [0.717, 1.165) is 28.4 Å². The predicted molar refractivity (Wildman–Crippen MR) is 72.8 cm³/mol. The Hall–Kier alpha value is -0.770. The summed E-state index contributed by atoms with van der Waals surface area (Å²) in [5.41, 5.74) is 7.51. The summed E-state index contributed by atoms with van der Waals surface area (Å²) in [6.07, 6.45) is 0. The molecule has 0 aliphatic rings. The van der Waals surface area contributed by atoms with Crippen molar-refractivity contribution in [2.24, 2.45) is 5.73 Å². The van der Waals surface area contributed by atoms with Crippen LogP contribution in [0.2, 0.25) is 5.02 Å². The lowest BCUT2D eigenvalue weighted by atomic mass is 9.83. The molecule has 0 saturated carbocycles. The molecule has 3 N–H and O–H groups in total. The van der Waals surface area contributed by atoms with E-state index in [1.165, 1.54) is 0 Å². The second kappa shape index (κ2) is 5.71. The van der Waals surface area contributed by atoms with Crippen molar-refractivity contribution >= 4 is 11.6 Å². The maximum atomic E-state index is 6.18. The van der Waals surface area contributed by atoms with Crippen LogP contribution < -0.4 is 15.8 Å². The largest absolute Gasteiger partial charge is 0.496 e. The minimum atomic E-state index is -0.0813. The summed E-state index contributed by atoms with van der Waals surface area (Å²) in [4.78, 5) is 0. The van der Waals surface area contributed by atoms with Gasteiger partial charge in [0.25, 0.3) is 0 Å². The third kappa shape index (κ3) is 3.35. The topological polar surface area (TPSA) is 47.3 Å². The molecular formula is C13H21ClN2O. The second-order valence-corrected chi connectivity index (χ2v) is 5.22. The quantitative estimate of drug-likeness (QED) is 0.796. The Bertz CT molecular complexity index is 391. The van der Waals surface area contributed by atoms with Gasteiger partial charge < -0.3 is 15.8 Å². The first-order valence-electron chi connectivity index (χ1n) is 5.67.